The standard InChI is InChI=1S/C35H47N5O12S3/c1-21(34(43)36-54(45,46)38(3)4)12-26(41)32-17-23-14-29(28(50-8)18-31(23)53-32)51-10-9-11-52-30-16-25-20-40(19-24(25)15-27(30)49-7)33(42)13-22(2)35(44)37-55(47,48)39(5)6/h14-18,21-22H,9-13,19-20H2,1-8H3,(H,36,43)(H,37,44). The number of carbonyl (C=O) groups is 4. The van der Waals surface area contributed by atoms with Crippen molar-refractivity contribution in [2.24, 2.45) is 11.8 Å². The number of nitrogens with one attached hydrogen (secondary N) is 2. The van der Waals surface area contributed by atoms with Crippen molar-refractivity contribution in [2.75, 3.05) is 55.6 Å². The number of hydrogen-bond acceptors (Lipinski definition) is 13. The lowest BCUT2D eigenvalue weighted by atomic mass is 10.0. The zero-order chi connectivity index (χ0) is 40.8. The Morgan fingerprint density at radius 1 is 0.727 bits per heavy atom. The summed E-state index contributed by atoms with van der Waals surface area (Å²) in [5.41, 5.74) is 1.72. The Morgan fingerprint density at radius 2 is 1.20 bits per heavy atom. The summed E-state index contributed by atoms with van der Waals surface area (Å²) in [4.78, 5) is 52.9. The third-order valence-corrected chi connectivity index (χ3v) is 12.7. The van der Waals surface area contributed by atoms with E-state index in [0.29, 0.717) is 40.8 Å². The summed E-state index contributed by atoms with van der Waals surface area (Å²) in [7, 11) is 0.250. The second-order valence-corrected chi connectivity index (χ2v) is 18.2. The third-order valence-electron chi connectivity index (χ3n) is 8.73. The average Bonchev–Trinajstić information content (AvgIpc) is 3.73. The van der Waals surface area contributed by atoms with Gasteiger partial charge in [-0.1, -0.05) is 13.8 Å². The predicted octanol–water partition coefficient (Wildman–Crippen LogP) is 2.69. The van der Waals surface area contributed by atoms with Crippen molar-refractivity contribution in [1.82, 2.24) is 23.0 Å². The van der Waals surface area contributed by atoms with E-state index in [0.717, 1.165) is 29.8 Å². The van der Waals surface area contributed by atoms with Gasteiger partial charge < -0.3 is 23.8 Å². The summed E-state index contributed by atoms with van der Waals surface area (Å²) in [6, 6.07) is 8.84. The van der Waals surface area contributed by atoms with Crippen LogP contribution < -0.4 is 28.4 Å². The first-order valence-electron chi connectivity index (χ1n) is 17.1. The molecule has 0 saturated heterocycles. The molecule has 17 nitrogen and oxygen atoms in total. The molecule has 3 amide bonds. The van der Waals surface area contributed by atoms with E-state index >= 15 is 0 Å². The van der Waals surface area contributed by atoms with Crippen LogP contribution >= 0.6 is 11.3 Å². The number of fused-ring (bicyclic) bond motifs is 2. The van der Waals surface area contributed by atoms with Crippen LogP contribution in [0.5, 0.6) is 23.0 Å². The molecule has 0 saturated carbocycles. The SMILES string of the molecule is COc1cc2c(cc1OCCCOc1cc3cc(C(=O)CC(C)C(=O)NS(=O)(=O)N(C)C)sc3cc1OC)CN(C(=O)CC(C)C(=O)NS(=O)(=O)N(C)C)C2. The maximum Gasteiger partial charge on any atom is 0.303 e. The lowest BCUT2D eigenvalue weighted by Gasteiger charge is -2.19. The van der Waals surface area contributed by atoms with Crippen LogP contribution in [0, 0.1) is 11.8 Å². The van der Waals surface area contributed by atoms with Crippen LogP contribution in [0.4, 0.5) is 0 Å². The van der Waals surface area contributed by atoms with Crippen molar-refractivity contribution in [3.63, 3.8) is 0 Å². The number of benzene rings is 2. The molecule has 4 rings (SSSR count). The van der Waals surface area contributed by atoms with Gasteiger partial charge in [0.1, 0.15) is 0 Å². The Morgan fingerprint density at radius 3 is 1.71 bits per heavy atom. The monoisotopic (exact) mass is 825 g/mol. The first-order chi connectivity index (χ1) is 25.8. The van der Waals surface area contributed by atoms with E-state index in [9.17, 15) is 36.0 Å². The Kier molecular flexibility index (Phi) is 14.1. The fourth-order valence-corrected chi connectivity index (χ4v) is 7.63. The summed E-state index contributed by atoms with van der Waals surface area (Å²) in [6.45, 7) is 4.10. The Bertz CT molecular complexity index is 2150. The number of ketones is 1. The first-order valence-corrected chi connectivity index (χ1v) is 20.8. The zero-order valence-electron chi connectivity index (χ0n) is 32.0. The van der Waals surface area contributed by atoms with Crippen molar-refractivity contribution in [3.8, 4) is 23.0 Å². The molecule has 2 unspecified atom stereocenters. The number of nitrogens with zero attached hydrogens (tertiary/aromatic N) is 3. The maximum atomic E-state index is 13.0. The summed E-state index contributed by atoms with van der Waals surface area (Å²) >= 11 is 1.23. The molecule has 55 heavy (non-hydrogen) atoms. The van der Waals surface area contributed by atoms with E-state index in [2.05, 4.69) is 0 Å². The summed E-state index contributed by atoms with van der Waals surface area (Å²) in [5, 5.41) is 0.734. The van der Waals surface area contributed by atoms with Gasteiger partial charge >= 0.3 is 20.4 Å². The van der Waals surface area contributed by atoms with Crippen molar-refractivity contribution in [2.45, 2.75) is 46.2 Å². The molecule has 3 aromatic rings. The number of carbonyl (C=O) groups excluding carboxylic acids is 4. The van der Waals surface area contributed by atoms with E-state index in [4.69, 9.17) is 18.9 Å². The quantitative estimate of drug-likeness (QED) is 0.132. The van der Waals surface area contributed by atoms with Crippen LogP contribution in [0.25, 0.3) is 10.1 Å². The van der Waals surface area contributed by atoms with Crippen molar-refractivity contribution >= 4 is 65.3 Å². The van der Waals surface area contributed by atoms with E-state index < -0.39 is 44.1 Å². The van der Waals surface area contributed by atoms with Gasteiger partial charge in [0.15, 0.2) is 28.8 Å². The normalized spacial score (nSPS) is 14.0. The molecule has 0 fully saturated rings. The van der Waals surface area contributed by atoms with Gasteiger partial charge in [-0.2, -0.15) is 25.4 Å². The molecule has 0 spiro atoms. The van der Waals surface area contributed by atoms with E-state index in [-0.39, 0.29) is 44.3 Å². The van der Waals surface area contributed by atoms with Crippen molar-refractivity contribution in [3.05, 3.63) is 46.3 Å². The minimum atomic E-state index is -3.97. The van der Waals surface area contributed by atoms with Gasteiger partial charge in [0, 0.05) is 83.1 Å². The molecule has 1 aromatic heterocycles. The van der Waals surface area contributed by atoms with Crippen LogP contribution in [0.2, 0.25) is 0 Å². The Hall–Kier alpha value is -4.50. The number of thiophene rings is 1. The maximum absolute atomic E-state index is 13.0. The molecule has 0 aliphatic carbocycles. The molecule has 20 heteroatoms. The van der Waals surface area contributed by atoms with Crippen LogP contribution in [-0.4, -0.2) is 109 Å². The highest BCUT2D eigenvalue weighted by Gasteiger charge is 2.30. The van der Waals surface area contributed by atoms with Gasteiger partial charge in [-0.25, -0.2) is 9.44 Å². The number of hydrogen-bond donors (Lipinski definition) is 2. The Labute approximate surface area is 325 Å². The average molecular weight is 826 g/mol. The van der Waals surface area contributed by atoms with Gasteiger partial charge in [-0.15, -0.1) is 11.3 Å². The molecule has 2 aromatic carbocycles. The summed E-state index contributed by atoms with van der Waals surface area (Å²) < 4.78 is 77.6. The summed E-state index contributed by atoms with van der Waals surface area (Å²) in [6.07, 6.45) is 0.131. The smallest absolute Gasteiger partial charge is 0.303 e. The fraction of sp³-hybridized carbons (Fsp3) is 0.486. The van der Waals surface area contributed by atoms with Gasteiger partial charge in [0.2, 0.25) is 17.7 Å². The lowest BCUT2D eigenvalue weighted by Crippen LogP contribution is -2.42. The van der Waals surface area contributed by atoms with Crippen molar-refractivity contribution in [1.29, 1.82) is 0 Å². The fourth-order valence-electron chi connectivity index (χ4n) is 5.33. The van der Waals surface area contributed by atoms with Crippen molar-refractivity contribution < 1.29 is 55.0 Å². The highest BCUT2D eigenvalue weighted by atomic mass is 32.2. The van der Waals surface area contributed by atoms with Crippen LogP contribution in [0.15, 0.2) is 30.3 Å². The zero-order valence-corrected chi connectivity index (χ0v) is 34.4. The molecular formula is C35H47N5O12S3. The van der Waals surface area contributed by atoms with Crippen LogP contribution in [0.1, 0.15) is 53.9 Å². The van der Waals surface area contributed by atoms with Gasteiger partial charge in [0.25, 0.3) is 0 Å². The second kappa shape index (κ2) is 18.0. The first kappa shape index (κ1) is 43.2. The molecule has 0 radical (unpaired) electrons. The number of rotatable bonds is 19. The molecule has 2 heterocycles. The second-order valence-electron chi connectivity index (χ2n) is 13.4. The Balaban J connectivity index is 1.31. The number of methoxy groups -OCH3 is 2. The van der Waals surface area contributed by atoms with Gasteiger partial charge in [-0.3, -0.25) is 19.2 Å². The number of Topliss-reactive ketones (excluding diaryl/α,β-unsaturated/α-hetero) is 1. The van der Waals surface area contributed by atoms with Crippen LogP contribution in [-0.2, 0) is 47.9 Å². The van der Waals surface area contributed by atoms with E-state index in [1.165, 1.54) is 67.6 Å². The van der Waals surface area contributed by atoms with Gasteiger partial charge in [0.05, 0.1) is 32.3 Å². The third kappa shape index (κ3) is 10.8. The molecule has 302 valence electrons. The topological polar surface area (TPSA) is 207 Å². The van der Waals surface area contributed by atoms with E-state index in [1.54, 1.807) is 29.2 Å². The lowest BCUT2D eigenvalue weighted by molar-refractivity contribution is -0.136. The highest BCUT2D eigenvalue weighted by Crippen LogP contribution is 2.38. The highest BCUT2D eigenvalue weighted by molar-refractivity contribution is 7.87. The van der Waals surface area contributed by atoms with Crippen LogP contribution in [0.3, 0.4) is 0 Å². The predicted molar refractivity (Wildman–Crippen MR) is 205 cm³/mol. The molecule has 2 N–H and O–H groups in total. The van der Waals surface area contributed by atoms with E-state index in [1.807, 2.05) is 15.5 Å². The molecule has 2 atom stereocenters. The molecular weight excluding hydrogens is 779 g/mol. The molecule has 1 aliphatic heterocycles. The molecule has 0 bridgehead atoms. The largest absolute Gasteiger partial charge is 0.493 e. The summed E-state index contributed by atoms with van der Waals surface area (Å²) in [5.74, 6) is -1.99. The minimum Gasteiger partial charge on any atom is -0.493 e. The van der Waals surface area contributed by atoms with Gasteiger partial charge in [-0.05, 0) is 40.8 Å². The minimum absolute atomic E-state index is 0.167. The number of ether oxygens (including phenoxy) is 4. The molecule has 1 aliphatic rings. The number of amides is 3.